The molecule has 0 aliphatic carbocycles. The van der Waals surface area contributed by atoms with Crippen LogP contribution in [0.3, 0.4) is 0 Å². The number of H-pyrrole nitrogens is 1. The third-order valence-electron chi connectivity index (χ3n) is 5.11. The molecule has 2 aliphatic rings. The molecular formula is C19H20F2N3O9P. The molecule has 0 saturated carbocycles. The van der Waals surface area contributed by atoms with Gasteiger partial charge in [-0.15, -0.1) is 0 Å². The van der Waals surface area contributed by atoms with Crippen LogP contribution >= 0.6 is 7.75 Å². The molecule has 0 spiro atoms. The van der Waals surface area contributed by atoms with Crippen LogP contribution in [-0.2, 0) is 23.4 Å². The molecule has 12 nitrogen and oxygen atoms in total. The Morgan fingerprint density at radius 3 is 2.62 bits per heavy atom. The van der Waals surface area contributed by atoms with Gasteiger partial charge in [0.2, 0.25) is 6.23 Å². The van der Waals surface area contributed by atoms with Crippen LogP contribution < -0.4 is 20.9 Å². The zero-order valence-electron chi connectivity index (χ0n) is 17.3. The topological polar surface area (TPSA) is 158 Å². The highest BCUT2D eigenvalue weighted by Gasteiger charge is 2.60. The molecule has 2 aromatic rings. The Balaban J connectivity index is 1.53. The smallest absolute Gasteiger partial charge is 0.459 e. The minimum Gasteiger partial charge on any atom is -0.464 e. The van der Waals surface area contributed by atoms with Crippen LogP contribution in [-0.4, -0.2) is 58.0 Å². The second-order valence-electron chi connectivity index (χ2n) is 7.50. The maximum atomic E-state index is 14.7. The SMILES string of the molecule is O=C1OCCC1NP(=O)(OC[C@H]1O[C@@H](n2ccc(=O)[nH]c2=O)C(F)(F)[C@@H]1O)Oc1ccccc1. The van der Waals surface area contributed by atoms with Crippen LogP contribution in [0.15, 0.2) is 52.2 Å². The van der Waals surface area contributed by atoms with Gasteiger partial charge in [-0.1, -0.05) is 18.2 Å². The van der Waals surface area contributed by atoms with Gasteiger partial charge in [-0.25, -0.2) is 9.36 Å². The Morgan fingerprint density at radius 2 is 1.97 bits per heavy atom. The van der Waals surface area contributed by atoms with E-state index in [4.69, 9.17) is 18.5 Å². The van der Waals surface area contributed by atoms with Crippen LogP contribution in [0.4, 0.5) is 8.78 Å². The summed E-state index contributed by atoms with van der Waals surface area (Å²) in [6.07, 6.45) is -5.51. The van der Waals surface area contributed by atoms with Crippen LogP contribution in [0.25, 0.3) is 0 Å². The predicted octanol–water partition coefficient (Wildman–Crippen LogP) is 0.539. The van der Waals surface area contributed by atoms with Crippen molar-refractivity contribution >= 4 is 13.7 Å². The molecule has 0 amide bonds. The van der Waals surface area contributed by atoms with Gasteiger partial charge in [-0.05, 0) is 12.1 Å². The highest BCUT2D eigenvalue weighted by atomic mass is 31.2. The Labute approximate surface area is 190 Å². The number of cyclic esters (lactones) is 1. The van der Waals surface area contributed by atoms with Crippen molar-refractivity contribution in [2.24, 2.45) is 0 Å². The summed E-state index contributed by atoms with van der Waals surface area (Å²) >= 11 is 0. The summed E-state index contributed by atoms with van der Waals surface area (Å²) in [6, 6.07) is 7.56. The van der Waals surface area contributed by atoms with E-state index in [1.54, 1.807) is 18.2 Å². The van der Waals surface area contributed by atoms with E-state index in [0.717, 1.165) is 12.3 Å². The first kappa shape index (κ1) is 24.2. The molecule has 3 N–H and O–H groups in total. The second kappa shape index (κ2) is 9.39. The maximum Gasteiger partial charge on any atom is 0.459 e. The van der Waals surface area contributed by atoms with E-state index in [-0.39, 0.29) is 18.8 Å². The number of nitrogens with zero attached hydrogens (tertiary/aromatic N) is 1. The fourth-order valence-corrected chi connectivity index (χ4v) is 4.94. The lowest BCUT2D eigenvalue weighted by atomic mass is 10.1. The maximum absolute atomic E-state index is 14.7. The van der Waals surface area contributed by atoms with Crippen molar-refractivity contribution in [3.63, 3.8) is 0 Å². The summed E-state index contributed by atoms with van der Waals surface area (Å²) in [7, 11) is -4.36. The van der Waals surface area contributed by atoms with Crippen molar-refractivity contribution < 1.29 is 41.8 Å². The van der Waals surface area contributed by atoms with Gasteiger partial charge in [-0.2, -0.15) is 13.9 Å². The summed E-state index contributed by atoms with van der Waals surface area (Å²) in [5.74, 6) is -4.56. The number of carbonyl (C=O) groups is 1. The number of esters is 1. The lowest BCUT2D eigenvalue weighted by Crippen LogP contribution is -2.42. The number of halogens is 2. The van der Waals surface area contributed by atoms with Crippen LogP contribution in [0.5, 0.6) is 5.75 Å². The van der Waals surface area contributed by atoms with Crippen molar-refractivity contribution in [3.8, 4) is 5.75 Å². The number of alkyl halides is 2. The highest BCUT2D eigenvalue weighted by Crippen LogP contribution is 2.48. The number of aliphatic hydroxyl groups excluding tert-OH is 1. The van der Waals surface area contributed by atoms with Crippen molar-refractivity contribution in [3.05, 3.63) is 63.4 Å². The highest BCUT2D eigenvalue weighted by molar-refractivity contribution is 7.52. The van der Waals surface area contributed by atoms with Crippen LogP contribution in [0.1, 0.15) is 12.6 Å². The number of rotatable bonds is 8. The molecule has 184 valence electrons. The first-order valence-corrected chi connectivity index (χ1v) is 11.6. The van der Waals surface area contributed by atoms with E-state index in [0.29, 0.717) is 4.57 Å². The summed E-state index contributed by atoms with van der Waals surface area (Å²) in [5.41, 5.74) is -1.98. The van der Waals surface area contributed by atoms with E-state index in [1.165, 1.54) is 12.1 Å². The van der Waals surface area contributed by atoms with Gasteiger partial charge in [0.25, 0.3) is 5.56 Å². The molecule has 0 radical (unpaired) electrons. The molecular weight excluding hydrogens is 483 g/mol. The first-order valence-electron chi connectivity index (χ1n) is 10.1. The summed E-state index contributed by atoms with van der Waals surface area (Å²) in [4.78, 5) is 36.8. The molecule has 1 aromatic carbocycles. The monoisotopic (exact) mass is 503 g/mol. The average Bonchev–Trinajstić information content (AvgIpc) is 3.28. The molecule has 2 aliphatic heterocycles. The molecule has 2 fully saturated rings. The fraction of sp³-hybridized carbons (Fsp3) is 0.421. The van der Waals surface area contributed by atoms with Crippen molar-refractivity contribution in [2.45, 2.75) is 36.8 Å². The van der Waals surface area contributed by atoms with Gasteiger partial charge in [0, 0.05) is 18.7 Å². The lowest BCUT2D eigenvalue weighted by Gasteiger charge is -2.23. The molecule has 2 unspecified atom stereocenters. The van der Waals surface area contributed by atoms with E-state index in [2.05, 4.69) is 5.09 Å². The molecule has 1 aromatic heterocycles. The van der Waals surface area contributed by atoms with Gasteiger partial charge in [0.15, 0.2) is 6.10 Å². The molecule has 4 rings (SSSR count). The summed E-state index contributed by atoms with van der Waals surface area (Å²) < 4.78 is 63.8. The quantitative estimate of drug-likeness (QED) is 0.343. The van der Waals surface area contributed by atoms with Crippen molar-refractivity contribution in [2.75, 3.05) is 13.2 Å². The van der Waals surface area contributed by atoms with Crippen LogP contribution in [0, 0.1) is 0 Å². The molecule has 0 bridgehead atoms. The van der Waals surface area contributed by atoms with E-state index >= 15 is 0 Å². The van der Waals surface area contributed by atoms with Gasteiger partial charge in [-0.3, -0.25) is 23.7 Å². The lowest BCUT2D eigenvalue weighted by molar-refractivity contribution is -0.141. The van der Waals surface area contributed by atoms with E-state index in [1.807, 2.05) is 4.98 Å². The molecule has 34 heavy (non-hydrogen) atoms. The minimum absolute atomic E-state index is 0.0775. The van der Waals surface area contributed by atoms with E-state index in [9.17, 15) is 32.8 Å². The Hall–Kier alpha value is -2.90. The third-order valence-corrected chi connectivity index (χ3v) is 6.68. The summed E-state index contributed by atoms with van der Waals surface area (Å²) in [5, 5.41) is 12.6. The van der Waals surface area contributed by atoms with E-state index < -0.39 is 62.0 Å². The van der Waals surface area contributed by atoms with Gasteiger partial charge in [0.05, 0.1) is 13.2 Å². The van der Waals surface area contributed by atoms with Crippen molar-refractivity contribution in [1.82, 2.24) is 14.6 Å². The zero-order chi connectivity index (χ0) is 24.5. The number of benzene rings is 1. The number of aliphatic hydroxyl groups is 1. The Bertz CT molecular complexity index is 1210. The normalized spacial score (nSPS) is 27.8. The minimum atomic E-state index is -4.36. The number of para-hydroxylation sites is 1. The Kier molecular flexibility index (Phi) is 6.69. The first-order chi connectivity index (χ1) is 16.1. The molecule has 2 saturated heterocycles. The number of hydrogen-bond acceptors (Lipinski definition) is 9. The number of aromatic nitrogens is 2. The number of nitrogens with one attached hydrogen (secondary N) is 2. The summed E-state index contributed by atoms with van der Waals surface area (Å²) in [6.45, 7) is -0.779. The molecule has 3 heterocycles. The standard InChI is InChI=1S/C19H20F2N3O9P/c20-19(21)15(26)13(32-17(19)24-8-6-14(25)22-18(24)28)10-31-34(29,23-12-7-9-30-16(12)27)33-11-4-2-1-3-5-11/h1-6,8,12-13,15,17,26H,7,9-10H2,(H,23,29)(H,22,25,28)/t12?,13-,15-,17-,34?/m1/s1. The number of ether oxygens (including phenoxy) is 2. The fourth-order valence-electron chi connectivity index (χ4n) is 3.40. The average molecular weight is 503 g/mol. The van der Waals surface area contributed by atoms with Crippen LogP contribution in [0.2, 0.25) is 0 Å². The molecule has 15 heteroatoms. The zero-order valence-corrected chi connectivity index (χ0v) is 18.2. The third kappa shape index (κ3) is 4.95. The number of aromatic amines is 1. The number of hydrogen-bond donors (Lipinski definition) is 3. The second-order valence-corrected chi connectivity index (χ2v) is 9.19. The van der Waals surface area contributed by atoms with Gasteiger partial charge < -0.3 is 19.1 Å². The molecule has 5 atom stereocenters. The Morgan fingerprint density at radius 1 is 1.24 bits per heavy atom. The van der Waals surface area contributed by atoms with Crippen molar-refractivity contribution in [1.29, 1.82) is 0 Å². The number of carbonyl (C=O) groups excluding carboxylic acids is 1. The predicted molar refractivity (Wildman–Crippen MR) is 109 cm³/mol. The largest absolute Gasteiger partial charge is 0.464 e. The van der Waals surface area contributed by atoms with Gasteiger partial charge >= 0.3 is 25.3 Å². The van der Waals surface area contributed by atoms with Gasteiger partial charge in [0.1, 0.15) is 17.9 Å².